The van der Waals surface area contributed by atoms with Gasteiger partial charge in [0.15, 0.2) is 22.8 Å². The summed E-state index contributed by atoms with van der Waals surface area (Å²) < 4.78 is 37.4. The van der Waals surface area contributed by atoms with Gasteiger partial charge in [-0.25, -0.2) is 24.1 Å². The van der Waals surface area contributed by atoms with Gasteiger partial charge in [0, 0.05) is 5.75 Å². The molecule has 2 aromatic heterocycles. The number of ether oxygens (including phenoxy) is 1. The number of imidazole rings is 1. The summed E-state index contributed by atoms with van der Waals surface area (Å²) >= 11 is 1.39. The van der Waals surface area contributed by atoms with Crippen LogP contribution in [0.3, 0.4) is 0 Å². The largest absolute Gasteiger partial charge is 0.481 e. The molecule has 15 nitrogen and oxygen atoms in total. The summed E-state index contributed by atoms with van der Waals surface area (Å²) in [6.07, 6.45) is -2.43. The van der Waals surface area contributed by atoms with Crippen molar-refractivity contribution in [3.8, 4) is 0 Å². The summed E-state index contributed by atoms with van der Waals surface area (Å²) in [6.45, 7) is 1.23. The Hall–Kier alpha value is -1.16. The normalized spacial score (nSPS) is 25.9. The lowest BCUT2D eigenvalue weighted by Crippen LogP contribution is -2.33. The van der Waals surface area contributed by atoms with Crippen molar-refractivity contribution in [2.24, 2.45) is 0 Å². The van der Waals surface area contributed by atoms with Gasteiger partial charge in [-0.05, 0) is 6.42 Å². The molecule has 0 spiro atoms. The molecule has 0 aromatic carbocycles. The maximum Gasteiger partial charge on any atom is 0.481 e. The molecule has 7 N–H and O–H groups in total. The molecular weight excluding hydrogens is 492 g/mol. The third kappa shape index (κ3) is 6.04. The highest BCUT2D eigenvalue weighted by Gasteiger charge is 2.46. The zero-order valence-electron chi connectivity index (χ0n) is 16.7. The highest BCUT2D eigenvalue weighted by Crippen LogP contribution is 2.57. The molecule has 3 rings (SSSR count). The standard InChI is InChI=1S/C14H23N5O10P2S/c1-2-3-4-32-14-17-11(15)8-12(18-14)19(6-16-8)13-10(21)9(20)7(28-13)5-27-31(25,26)29-30(22,23)24/h6-7,9-10,13,20-21H,2-5H2,1H3,(H,25,26)(H2,15,17,18)(H2,22,23,24)/t7-,9-,10-,13?/m1/s1. The number of phosphoric acid groups is 2. The van der Waals surface area contributed by atoms with E-state index in [0.29, 0.717) is 5.16 Å². The quantitative estimate of drug-likeness (QED) is 0.107. The van der Waals surface area contributed by atoms with Crippen molar-refractivity contribution in [1.82, 2.24) is 19.5 Å². The molecule has 0 aliphatic carbocycles. The van der Waals surface area contributed by atoms with E-state index < -0.39 is 46.8 Å². The van der Waals surface area contributed by atoms with Gasteiger partial charge in [-0.1, -0.05) is 25.1 Å². The fraction of sp³-hybridized carbons (Fsp3) is 0.643. The number of hydrogen-bond acceptors (Lipinski definition) is 12. The minimum absolute atomic E-state index is 0.122. The van der Waals surface area contributed by atoms with E-state index in [1.807, 2.05) is 6.92 Å². The van der Waals surface area contributed by atoms with Gasteiger partial charge in [0.1, 0.15) is 23.8 Å². The summed E-state index contributed by atoms with van der Waals surface area (Å²) in [4.78, 5) is 39.4. The first-order chi connectivity index (χ1) is 14.9. The summed E-state index contributed by atoms with van der Waals surface area (Å²) in [5.41, 5.74) is 6.46. The summed E-state index contributed by atoms with van der Waals surface area (Å²) in [5, 5.41) is 21.1. The van der Waals surface area contributed by atoms with E-state index in [4.69, 9.17) is 20.3 Å². The lowest BCUT2D eigenvalue weighted by molar-refractivity contribution is -0.0503. The smallest absolute Gasteiger partial charge is 0.387 e. The molecule has 1 aliphatic heterocycles. The van der Waals surface area contributed by atoms with Crippen molar-refractivity contribution in [2.45, 2.75) is 49.5 Å². The number of aromatic nitrogens is 4. The molecule has 2 unspecified atom stereocenters. The minimum atomic E-state index is -5.31. The van der Waals surface area contributed by atoms with Crippen LogP contribution >= 0.6 is 27.4 Å². The number of nitrogens with zero attached hydrogens (tertiary/aromatic N) is 4. The number of aliphatic hydroxyl groups is 2. The van der Waals surface area contributed by atoms with Crippen molar-refractivity contribution in [2.75, 3.05) is 18.1 Å². The highest BCUT2D eigenvalue weighted by atomic mass is 32.2. The summed E-state index contributed by atoms with van der Waals surface area (Å²) in [7, 11) is -10.5. The Labute approximate surface area is 185 Å². The fourth-order valence-corrected chi connectivity index (χ4v) is 5.43. The highest BCUT2D eigenvalue weighted by molar-refractivity contribution is 7.99. The zero-order chi connectivity index (χ0) is 23.7. The lowest BCUT2D eigenvalue weighted by Gasteiger charge is -2.17. The Morgan fingerprint density at radius 3 is 2.62 bits per heavy atom. The van der Waals surface area contributed by atoms with Gasteiger partial charge in [-0.3, -0.25) is 9.09 Å². The number of nitrogen functional groups attached to an aromatic ring is 1. The Morgan fingerprint density at radius 2 is 1.97 bits per heavy atom. The van der Waals surface area contributed by atoms with Gasteiger partial charge in [-0.15, -0.1) is 0 Å². The van der Waals surface area contributed by atoms with Crippen molar-refractivity contribution in [1.29, 1.82) is 0 Å². The second-order valence-corrected chi connectivity index (χ2v) is 10.7. The van der Waals surface area contributed by atoms with Gasteiger partial charge < -0.3 is 35.4 Å². The third-order valence-electron chi connectivity index (χ3n) is 4.38. The van der Waals surface area contributed by atoms with E-state index in [1.54, 1.807) is 0 Å². The van der Waals surface area contributed by atoms with Crippen molar-refractivity contribution < 1.29 is 47.6 Å². The molecule has 32 heavy (non-hydrogen) atoms. The molecule has 0 radical (unpaired) electrons. The van der Waals surface area contributed by atoms with E-state index >= 15 is 0 Å². The van der Waals surface area contributed by atoms with Gasteiger partial charge in [0.25, 0.3) is 0 Å². The molecule has 5 atom stereocenters. The average molecular weight is 515 g/mol. The van der Waals surface area contributed by atoms with Gasteiger partial charge in [0.2, 0.25) is 0 Å². The molecule has 3 heterocycles. The van der Waals surface area contributed by atoms with Crippen LogP contribution in [0.2, 0.25) is 0 Å². The summed E-state index contributed by atoms with van der Waals surface area (Å²) in [5.74, 6) is 0.894. The number of hydrogen-bond donors (Lipinski definition) is 6. The second-order valence-electron chi connectivity index (χ2n) is 6.80. The van der Waals surface area contributed by atoms with Crippen LogP contribution < -0.4 is 5.73 Å². The Balaban J connectivity index is 1.78. The molecule has 180 valence electrons. The number of aliphatic hydroxyl groups excluding tert-OH is 2. The Kier molecular flexibility index (Phi) is 7.95. The molecular formula is C14H23N5O10P2S. The first-order valence-corrected chi connectivity index (χ1v) is 13.3. The molecule has 0 bridgehead atoms. The van der Waals surface area contributed by atoms with E-state index in [1.165, 1.54) is 22.7 Å². The van der Waals surface area contributed by atoms with Crippen LogP contribution in [-0.2, 0) is 22.7 Å². The van der Waals surface area contributed by atoms with Crippen LogP contribution in [0.1, 0.15) is 26.0 Å². The molecule has 1 aliphatic rings. The van der Waals surface area contributed by atoms with Crippen molar-refractivity contribution in [3.63, 3.8) is 0 Å². The molecule has 18 heteroatoms. The molecule has 0 amide bonds. The lowest BCUT2D eigenvalue weighted by atomic mass is 10.1. The topological polar surface area (TPSA) is 233 Å². The maximum absolute atomic E-state index is 11.6. The number of thioether (sulfide) groups is 1. The van der Waals surface area contributed by atoms with Crippen molar-refractivity contribution in [3.05, 3.63) is 6.33 Å². The zero-order valence-corrected chi connectivity index (χ0v) is 19.3. The minimum Gasteiger partial charge on any atom is -0.387 e. The average Bonchev–Trinajstić information content (AvgIpc) is 3.21. The van der Waals surface area contributed by atoms with Gasteiger partial charge in [-0.2, -0.15) is 4.31 Å². The molecule has 0 saturated carbocycles. The maximum atomic E-state index is 11.6. The predicted octanol–water partition coefficient (Wildman–Crippen LogP) is 0.146. The second kappa shape index (κ2) is 9.99. The van der Waals surface area contributed by atoms with E-state index in [-0.39, 0.29) is 17.0 Å². The van der Waals surface area contributed by atoms with Crippen LogP contribution in [-0.4, -0.2) is 75.1 Å². The first-order valence-electron chi connectivity index (χ1n) is 9.30. The number of unbranched alkanes of at least 4 members (excludes halogenated alkanes) is 1. The van der Waals surface area contributed by atoms with Crippen LogP contribution in [0.5, 0.6) is 0 Å². The van der Waals surface area contributed by atoms with E-state index in [2.05, 4.69) is 23.8 Å². The molecule has 1 saturated heterocycles. The number of fused-ring (bicyclic) bond motifs is 1. The van der Waals surface area contributed by atoms with Gasteiger partial charge >= 0.3 is 15.6 Å². The van der Waals surface area contributed by atoms with Crippen LogP contribution in [0.15, 0.2) is 11.5 Å². The third-order valence-corrected chi connectivity index (χ3v) is 7.47. The number of nitrogens with two attached hydrogens (primary N) is 1. The summed E-state index contributed by atoms with van der Waals surface area (Å²) in [6, 6.07) is 0. The molecule has 2 aromatic rings. The predicted molar refractivity (Wildman–Crippen MR) is 110 cm³/mol. The van der Waals surface area contributed by atoms with Crippen molar-refractivity contribution >= 4 is 44.4 Å². The van der Waals surface area contributed by atoms with E-state index in [0.717, 1.165) is 18.6 Å². The fourth-order valence-electron chi connectivity index (χ4n) is 2.90. The number of phosphoric ester groups is 1. The van der Waals surface area contributed by atoms with Crippen LogP contribution in [0, 0.1) is 0 Å². The van der Waals surface area contributed by atoms with Crippen LogP contribution in [0.25, 0.3) is 11.2 Å². The van der Waals surface area contributed by atoms with E-state index in [9.17, 15) is 24.2 Å². The van der Waals surface area contributed by atoms with Gasteiger partial charge in [0.05, 0.1) is 12.9 Å². The Morgan fingerprint density at radius 1 is 1.25 bits per heavy atom. The molecule has 1 fully saturated rings. The SMILES string of the molecule is CCCCSc1nc(N)c2ncn(C3O[C@H](COP(=O)(O)OP(=O)(O)O)[C@@H](O)[C@H]3O)c2n1. The number of rotatable bonds is 10. The number of anilines is 1. The first kappa shape index (κ1) is 25.5. The van der Waals surface area contributed by atoms with Crippen LogP contribution in [0.4, 0.5) is 5.82 Å². The Bertz CT molecular complexity index is 1050. The monoisotopic (exact) mass is 515 g/mol.